The molecule has 1 aromatic rings. The Morgan fingerprint density at radius 3 is 2.71 bits per heavy atom. The molecule has 1 aliphatic heterocycles. The number of hydrogen-bond acceptors (Lipinski definition) is 3. The van der Waals surface area contributed by atoms with Gasteiger partial charge in [0.2, 0.25) is 5.91 Å². The largest absolute Gasteiger partial charge is 0.351 e. The van der Waals surface area contributed by atoms with Crippen molar-refractivity contribution >= 4 is 29.3 Å². The van der Waals surface area contributed by atoms with Gasteiger partial charge in [0.1, 0.15) is 0 Å². The van der Waals surface area contributed by atoms with E-state index in [0.717, 1.165) is 24.1 Å². The highest BCUT2D eigenvalue weighted by atomic mass is 32.2. The zero-order valence-corrected chi connectivity index (χ0v) is 13.6. The number of carbonyl (C=O) groups is 2. The van der Waals surface area contributed by atoms with Crippen molar-refractivity contribution in [2.75, 3.05) is 18.1 Å². The second kappa shape index (κ2) is 6.52. The molecule has 2 N–H and O–H groups in total. The van der Waals surface area contributed by atoms with Crippen LogP contribution in [-0.2, 0) is 11.2 Å². The lowest BCUT2D eigenvalue weighted by molar-refractivity contribution is -0.115. The fourth-order valence-electron chi connectivity index (χ4n) is 2.56. The molecule has 1 aliphatic rings. The van der Waals surface area contributed by atoms with E-state index >= 15 is 0 Å². The maximum atomic E-state index is 12.3. The number of hydrogen-bond donors (Lipinski definition) is 2. The molecule has 0 unspecified atom stereocenters. The van der Waals surface area contributed by atoms with Crippen molar-refractivity contribution < 1.29 is 9.59 Å². The highest BCUT2D eigenvalue weighted by Gasteiger charge is 2.26. The smallest absolute Gasteiger partial charge is 0.251 e. The number of carbonyl (C=O) groups excluding carboxylic acids is 2. The Hall–Kier alpha value is -1.49. The summed E-state index contributed by atoms with van der Waals surface area (Å²) in [5, 5.41) is 5.80. The first-order valence-corrected chi connectivity index (χ1v) is 8.52. The van der Waals surface area contributed by atoms with Gasteiger partial charge in [0.15, 0.2) is 0 Å². The van der Waals surface area contributed by atoms with Gasteiger partial charge in [-0.1, -0.05) is 19.9 Å². The highest BCUT2D eigenvalue weighted by Crippen LogP contribution is 2.30. The lowest BCUT2D eigenvalue weighted by Crippen LogP contribution is -2.39. The Morgan fingerprint density at radius 1 is 1.38 bits per heavy atom. The quantitative estimate of drug-likeness (QED) is 0.849. The summed E-state index contributed by atoms with van der Waals surface area (Å²) in [6.07, 6.45) is 4.53. The molecular weight excluding hydrogens is 284 g/mol. The lowest BCUT2D eigenvalue weighted by atomic mass is 10.0. The molecule has 0 radical (unpaired) electrons. The molecule has 2 amide bonds. The normalized spacial score (nSPS) is 13.8. The Kier molecular flexibility index (Phi) is 4.93. The average Bonchev–Trinajstić information content (AvgIpc) is 2.88. The Bertz CT molecular complexity index is 545. The van der Waals surface area contributed by atoms with E-state index in [-0.39, 0.29) is 16.6 Å². The highest BCUT2D eigenvalue weighted by molar-refractivity contribution is 8.00. The number of fused-ring (bicyclic) bond motifs is 1. The zero-order chi connectivity index (χ0) is 15.5. The third-order valence-electron chi connectivity index (χ3n) is 4.29. The van der Waals surface area contributed by atoms with E-state index in [4.69, 9.17) is 0 Å². The van der Waals surface area contributed by atoms with Gasteiger partial charge in [-0.2, -0.15) is 11.8 Å². The van der Waals surface area contributed by atoms with Gasteiger partial charge in [-0.25, -0.2) is 0 Å². The molecule has 0 bridgehead atoms. The SMILES string of the molecule is CCC(CC)(CNC(=O)c1ccc2c(c1)NC(=O)C2)SC. The van der Waals surface area contributed by atoms with Crippen LogP contribution in [0.1, 0.15) is 42.6 Å². The summed E-state index contributed by atoms with van der Waals surface area (Å²) >= 11 is 1.80. The summed E-state index contributed by atoms with van der Waals surface area (Å²) in [5.74, 6) is -0.0970. The van der Waals surface area contributed by atoms with Crippen LogP contribution in [0, 0.1) is 0 Å². The second-order valence-electron chi connectivity index (χ2n) is 5.37. The van der Waals surface area contributed by atoms with Gasteiger partial charge in [-0.15, -0.1) is 0 Å². The van der Waals surface area contributed by atoms with Gasteiger partial charge >= 0.3 is 0 Å². The number of rotatable bonds is 6. The monoisotopic (exact) mass is 306 g/mol. The molecule has 4 nitrogen and oxygen atoms in total. The van der Waals surface area contributed by atoms with Crippen LogP contribution in [0.25, 0.3) is 0 Å². The third kappa shape index (κ3) is 3.40. The van der Waals surface area contributed by atoms with E-state index < -0.39 is 0 Å². The van der Waals surface area contributed by atoms with Crippen molar-refractivity contribution in [3.05, 3.63) is 29.3 Å². The van der Waals surface area contributed by atoms with Crippen LogP contribution >= 0.6 is 11.8 Å². The Balaban J connectivity index is 2.05. The molecule has 114 valence electrons. The summed E-state index contributed by atoms with van der Waals surface area (Å²) in [6.45, 7) is 4.96. The predicted molar refractivity (Wildman–Crippen MR) is 87.9 cm³/mol. The molecule has 0 saturated heterocycles. The van der Waals surface area contributed by atoms with E-state index in [1.54, 1.807) is 23.9 Å². The molecule has 1 aromatic carbocycles. The van der Waals surface area contributed by atoms with Crippen LogP contribution in [0.2, 0.25) is 0 Å². The van der Waals surface area contributed by atoms with Gasteiger partial charge in [-0.05, 0) is 36.8 Å². The van der Waals surface area contributed by atoms with Gasteiger partial charge in [0, 0.05) is 22.5 Å². The van der Waals surface area contributed by atoms with Gasteiger partial charge in [0.05, 0.1) is 6.42 Å². The van der Waals surface area contributed by atoms with Crippen molar-refractivity contribution in [1.82, 2.24) is 5.32 Å². The molecular formula is C16H22N2O2S. The second-order valence-corrected chi connectivity index (χ2v) is 6.65. The molecule has 0 aliphatic carbocycles. The first kappa shape index (κ1) is 15.9. The molecule has 5 heteroatoms. The average molecular weight is 306 g/mol. The fraction of sp³-hybridized carbons (Fsp3) is 0.500. The summed E-state index contributed by atoms with van der Waals surface area (Å²) in [6, 6.07) is 5.39. The Labute approximate surface area is 130 Å². The van der Waals surface area contributed by atoms with Crippen LogP contribution in [0.4, 0.5) is 5.69 Å². The van der Waals surface area contributed by atoms with Gasteiger partial charge < -0.3 is 10.6 Å². The zero-order valence-electron chi connectivity index (χ0n) is 12.8. The maximum Gasteiger partial charge on any atom is 0.251 e. The van der Waals surface area contributed by atoms with Gasteiger partial charge in [0.25, 0.3) is 5.91 Å². The number of anilines is 1. The minimum atomic E-state index is -0.0840. The maximum absolute atomic E-state index is 12.3. The van der Waals surface area contributed by atoms with E-state index in [0.29, 0.717) is 18.5 Å². The molecule has 21 heavy (non-hydrogen) atoms. The summed E-state index contributed by atoms with van der Waals surface area (Å²) in [5.41, 5.74) is 2.31. The topological polar surface area (TPSA) is 58.2 Å². The number of nitrogens with one attached hydrogen (secondary N) is 2. The number of benzene rings is 1. The molecule has 2 rings (SSSR count). The van der Waals surface area contributed by atoms with Crippen molar-refractivity contribution in [3.8, 4) is 0 Å². The van der Waals surface area contributed by atoms with Crippen LogP contribution in [0.15, 0.2) is 18.2 Å². The summed E-state index contributed by atoms with van der Waals surface area (Å²) in [4.78, 5) is 23.6. The Morgan fingerprint density at radius 2 is 2.10 bits per heavy atom. The lowest BCUT2D eigenvalue weighted by Gasteiger charge is -2.29. The molecule has 0 saturated carbocycles. The van der Waals surface area contributed by atoms with Crippen LogP contribution in [0.3, 0.4) is 0 Å². The molecule has 0 atom stereocenters. The third-order valence-corrected chi connectivity index (χ3v) is 5.88. The van der Waals surface area contributed by atoms with E-state index in [1.165, 1.54) is 0 Å². The van der Waals surface area contributed by atoms with Crippen LogP contribution in [0.5, 0.6) is 0 Å². The first-order chi connectivity index (χ1) is 10.0. The van der Waals surface area contributed by atoms with E-state index in [9.17, 15) is 9.59 Å². The number of thioether (sulfide) groups is 1. The number of amides is 2. The first-order valence-electron chi connectivity index (χ1n) is 7.29. The van der Waals surface area contributed by atoms with Crippen molar-refractivity contribution in [2.24, 2.45) is 0 Å². The van der Waals surface area contributed by atoms with E-state index in [2.05, 4.69) is 30.7 Å². The molecule has 0 spiro atoms. The minimum absolute atomic E-state index is 0.0130. The molecule has 1 heterocycles. The van der Waals surface area contributed by atoms with Crippen molar-refractivity contribution in [3.63, 3.8) is 0 Å². The molecule has 0 aromatic heterocycles. The standard InChI is InChI=1S/C16H22N2O2S/c1-4-16(5-2,21-3)10-17-15(20)12-7-6-11-9-14(19)18-13(11)8-12/h6-8H,4-5,9-10H2,1-3H3,(H,17,20)(H,18,19). The van der Waals surface area contributed by atoms with E-state index in [1.807, 2.05) is 6.07 Å². The minimum Gasteiger partial charge on any atom is -0.351 e. The van der Waals surface area contributed by atoms with Gasteiger partial charge in [-0.3, -0.25) is 9.59 Å². The van der Waals surface area contributed by atoms with Crippen molar-refractivity contribution in [2.45, 2.75) is 37.9 Å². The van der Waals surface area contributed by atoms with Crippen LogP contribution < -0.4 is 10.6 Å². The summed E-state index contributed by atoms with van der Waals surface area (Å²) < 4.78 is 0.0978. The van der Waals surface area contributed by atoms with Crippen molar-refractivity contribution in [1.29, 1.82) is 0 Å². The molecule has 0 fully saturated rings. The summed E-state index contributed by atoms with van der Waals surface area (Å²) in [7, 11) is 0. The van der Waals surface area contributed by atoms with Crippen LogP contribution in [-0.4, -0.2) is 29.4 Å². The fourth-order valence-corrected chi connectivity index (χ4v) is 3.35. The predicted octanol–water partition coefficient (Wildman–Crippen LogP) is 2.83.